The van der Waals surface area contributed by atoms with E-state index < -0.39 is 0 Å². The Morgan fingerprint density at radius 1 is 1.86 bits per heavy atom. The van der Waals surface area contributed by atoms with Crippen molar-refractivity contribution in [3.63, 3.8) is 0 Å². The number of hydrogen-bond donors (Lipinski definition) is 2. The molecular formula is C5H10N2. The smallest absolute Gasteiger partial charge is 0.0376 e. The molecule has 0 bridgehead atoms. The maximum Gasteiger partial charge on any atom is 0.0376 e. The highest BCUT2D eigenvalue weighted by molar-refractivity contribution is 5.02. The van der Waals surface area contributed by atoms with Gasteiger partial charge in [-0.15, -0.1) is 0 Å². The quantitative estimate of drug-likeness (QED) is 0.433. The Morgan fingerprint density at radius 3 is 3.00 bits per heavy atom. The first-order valence-corrected chi connectivity index (χ1v) is 2.53. The minimum atomic E-state index is 0.444. The molecule has 7 heavy (non-hydrogen) atoms. The topological polar surface area (TPSA) is 38.0 Å². The van der Waals surface area contributed by atoms with Crippen LogP contribution in [0, 0.1) is 0 Å². The van der Waals surface area contributed by atoms with E-state index in [1.54, 1.807) is 0 Å². The molecule has 2 heteroatoms. The highest BCUT2D eigenvalue weighted by Crippen LogP contribution is 1.89. The van der Waals surface area contributed by atoms with Crippen molar-refractivity contribution in [3.05, 3.63) is 12.2 Å². The van der Waals surface area contributed by atoms with Crippen LogP contribution in [0.4, 0.5) is 0 Å². The SMILES string of the molecule is NC[C@@H]1C=CCN1. The normalized spacial score (nSPS) is 29.0. The molecule has 1 atom stereocenters. The van der Waals surface area contributed by atoms with Crippen LogP contribution in [0.2, 0.25) is 0 Å². The van der Waals surface area contributed by atoms with Gasteiger partial charge in [0.25, 0.3) is 0 Å². The fourth-order valence-corrected chi connectivity index (χ4v) is 0.682. The van der Waals surface area contributed by atoms with Crippen LogP contribution in [0.15, 0.2) is 12.2 Å². The van der Waals surface area contributed by atoms with Gasteiger partial charge in [0.15, 0.2) is 0 Å². The van der Waals surface area contributed by atoms with Crippen LogP contribution in [0.25, 0.3) is 0 Å². The van der Waals surface area contributed by atoms with Gasteiger partial charge in [-0.25, -0.2) is 0 Å². The minimum absolute atomic E-state index is 0.444. The third kappa shape index (κ3) is 1.01. The summed E-state index contributed by atoms with van der Waals surface area (Å²) in [6, 6.07) is 0.444. The first-order chi connectivity index (χ1) is 3.43. The summed E-state index contributed by atoms with van der Waals surface area (Å²) in [6.45, 7) is 1.71. The van der Waals surface area contributed by atoms with Gasteiger partial charge in [0, 0.05) is 19.1 Å². The number of hydrogen-bond acceptors (Lipinski definition) is 2. The summed E-state index contributed by atoms with van der Waals surface area (Å²) in [4.78, 5) is 0. The molecule has 0 amide bonds. The van der Waals surface area contributed by atoms with Crippen LogP contribution in [0.5, 0.6) is 0 Å². The van der Waals surface area contributed by atoms with Crippen molar-refractivity contribution in [1.82, 2.24) is 5.32 Å². The minimum Gasteiger partial charge on any atom is -0.329 e. The molecule has 3 N–H and O–H groups in total. The lowest BCUT2D eigenvalue weighted by atomic mass is 10.3. The van der Waals surface area contributed by atoms with Gasteiger partial charge in [0.05, 0.1) is 0 Å². The molecule has 2 nitrogen and oxygen atoms in total. The molecule has 0 aromatic carbocycles. The van der Waals surface area contributed by atoms with Crippen LogP contribution < -0.4 is 11.1 Å². The summed E-state index contributed by atoms with van der Waals surface area (Å²) in [5.74, 6) is 0. The van der Waals surface area contributed by atoms with Crippen molar-refractivity contribution in [2.24, 2.45) is 5.73 Å². The fourth-order valence-electron chi connectivity index (χ4n) is 0.682. The van der Waals surface area contributed by atoms with E-state index in [0.717, 1.165) is 13.1 Å². The molecule has 1 aliphatic rings. The molecule has 40 valence electrons. The first-order valence-electron chi connectivity index (χ1n) is 2.53. The molecule has 0 aromatic heterocycles. The highest BCUT2D eigenvalue weighted by Gasteiger charge is 2.02. The van der Waals surface area contributed by atoms with Crippen molar-refractivity contribution in [2.45, 2.75) is 6.04 Å². The van der Waals surface area contributed by atoms with Crippen molar-refractivity contribution in [2.75, 3.05) is 13.1 Å². The second-order valence-electron chi connectivity index (χ2n) is 1.68. The van der Waals surface area contributed by atoms with E-state index >= 15 is 0 Å². The molecule has 0 aromatic rings. The molecule has 0 unspecified atom stereocenters. The lowest BCUT2D eigenvalue weighted by molar-refractivity contribution is 0.677. The van der Waals surface area contributed by atoms with Crippen LogP contribution >= 0.6 is 0 Å². The predicted octanol–water partition coefficient (Wildman–Crippen LogP) is -0.527. The molecule has 1 aliphatic heterocycles. The average molecular weight is 98.1 g/mol. The molecule has 0 saturated heterocycles. The van der Waals surface area contributed by atoms with E-state index in [2.05, 4.69) is 17.5 Å². The Hall–Kier alpha value is -0.340. The van der Waals surface area contributed by atoms with Gasteiger partial charge in [-0.3, -0.25) is 0 Å². The van der Waals surface area contributed by atoms with Crippen molar-refractivity contribution in [3.8, 4) is 0 Å². The Labute approximate surface area is 43.4 Å². The fraction of sp³-hybridized carbons (Fsp3) is 0.600. The molecule has 0 spiro atoms. The van der Waals surface area contributed by atoms with Gasteiger partial charge >= 0.3 is 0 Å². The molecule has 0 radical (unpaired) electrons. The lowest BCUT2D eigenvalue weighted by Crippen LogP contribution is -2.29. The van der Waals surface area contributed by atoms with Crippen LogP contribution in [-0.2, 0) is 0 Å². The molecule has 0 aliphatic carbocycles. The monoisotopic (exact) mass is 98.1 g/mol. The second kappa shape index (κ2) is 2.09. The third-order valence-electron chi connectivity index (χ3n) is 1.12. The lowest BCUT2D eigenvalue weighted by Gasteiger charge is -2.01. The second-order valence-corrected chi connectivity index (χ2v) is 1.68. The number of rotatable bonds is 1. The Morgan fingerprint density at radius 2 is 2.71 bits per heavy atom. The van der Waals surface area contributed by atoms with Crippen molar-refractivity contribution in [1.29, 1.82) is 0 Å². The first kappa shape index (κ1) is 4.81. The average Bonchev–Trinajstić information content (AvgIpc) is 2.14. The summed E-state index contributed by atoms with van der Waals surface area (Å²) in [5, 5.41) is 3.17. The van der Waals surface area contributed by atoms with Crippen molar-refractivity contribution >= 4 is 0 Å². The molecule has 0 saturated carbocycles. The number of nitrogens with one attached hydrogen (secondary N) is 1. The van der Waals surface area contributed by atoms with E-state index in [1.807, 2.05) is 0 Å². The van der Waals surface area contributed by atoms with Gasteiger partial charge in [-0.2, -0.15) is 0 Å². The zero-order valence-corrected chi connectivity index (χ0v) is 4.22. The van der Waals surface area contributed by atoms with E-state index in [-0.39, 0.29) is 0 Å². The number of nitrogens with two attached hydrogens (primary N) is 1. The molecular weight excluding hydrogens is 88.1 g/mol. The largest absolute Gasteiger partial charge is 0.329 e. The van der Waals surface area contributed by atoms with E-state index in [0.29, 0.717) is 6.04 Å². The summed E-state index contributed by atoms with van der Waals surface area (Å²) >= 11 is 0. The maximum absolute atomic E-state index is 5.32. The van der Waals surface area contributed by atoms with E-state index in [1.165, 1.54) is 0 Å². The third-order valence-corrected chi connectivity index (χ3v) is 1.12. The van der Waals surface area contributed by atoms with E-state index in [9.17, 15) is 0 Å². The van der Waals surface area contributed by atoms with Gasteiger partial charge in [0.1, 0.15) is 0 Å². The van der Waals surface area contributed by atoms with Crippen LogP contribution in [-0.4, -0.2) is 19.1 Å². The van der Waals surface area contributed by atoms with Gasteiger partial charge in [-0.1, -0.05) is 12.2 Å². The van der Waals surface area contributed by atoms with Crippen LogP contribution in [0.1, 0.15) is 0 Å². The van der Waals surface area contributed by atoms with Crippen LogP contribution in [0.3, 0.4) is 0 Å². The van der Waals surface area contributed by atoms with Gasteiger partial charge in [-0.05, 0) is 0 Å². The Bertz CT molecular complexity index is 78.1. The molecule has 1 rings (SSSR count). The van der Waals surface area contributed by atoms with E-state index in [4.69, 9.17) is 5.73 Å². The summed E-state index contributed by atoms with van der Waals surface area (Å²) in [7, 11) is 0. The molecule has 1 heterocycles. The van der Waals surface area contributed by atoms with Crippen molar-refractivity contribution < 1.29 is 0 Å². The summed E-state index contributed by atoms with van der Waals surface area (Å²) in [5.41, 5.74) is 5.32. The highest BCUT2D eigenvalue weighted by atomic mass is 14.9. The maximum atomic E-state index is 5.32. The summed E-state index contributed by atoms with van der Waals surface area (Å²) < 4.78 is 0. The zero-order valence-electron chi connectivity index (χ0n) is 4.22. The summed E-state index contributed by atoms with van der Waals surface area (Å²) in [6.07, 6.45) is 4.19. The van der Waals surface area contributed by atoms with Gasteiger partial charge < -0.3 is 11.1 Å². The standard InChI is InChI=1S/C5H10N2/c6-4-5-2-1-3-7-5/h1-2,5,7H,3-4,6H2/t5-/m0/s1. The Balaban J connectivity index is 2.28. The van der Waals surface area contributed by atoms with Gasteiger partial charge in [0.2, 0.25) is 0 Å². The Kier molecular flexibility index (Phi) is 1.44. The molecule has 0 fully saturated rings. The predicted molar refractivity (Wildman–Crippen MR) is 30.0 cm³/mol. The zero-order chi connectivity index (χ0) is 5.11.